The van der Waals surface area contributed by atoms with E-state index in [1.54, 1.807) is 13.8 Å². The van der Waals surface area contributed by atoms with Crippen LogP contribution in [0.4, 0.5) is 0 Å². The van der Waals surface area contributed by atoms with Gasteiger partial charge in [0.05, 0.1) is 6.10 Å². The Kier molecular flexibility index (Phi) is 5.93. The molecule has 2 N–H and O–H groups in total. The van der Waals surface area contributed by atoms with Crippen LogP contribution >= 0.6 is 0 Å². The number of carbonyl (C=O) groups excluding carboxylic acids is 1. The number of ether oxygens (including phenoxy) is 1. The lowest BCUT2D eigenvalue weighted by Gasteiger charge is -2.18. The average molecular weight is 217 g/mol. The second-order valence-electron chi connectivity index (χ2n) is 3.99. The SMILES string of the molecule is CC(C)OCC(=O)N[C@@H](C(=O)O)C(C)C. The lowest BCUT2D eigenvalue weighted by Crippen LogP contribution is -2.45. The zero-order valence-corrected chi connectivity index (χ0v) is 9.61. The number of nitrogens with one attached hydrogen (secondary N) is 1. The minimum Gasteiger partial charge on any atom is -0.480 e. The Bertz CT molecular complexity index is 225. The largest absolute Gasteiger partial charge is 0.480 e. The summed E-state index contributed by atoms with van der Waals surface area (Å²) in [5, 5.41) is 11.2. The molecule has 0 rings (SSSR count). The summed E-state index contributed by atoms with van der Waals surface area (Å²) < 4.78 is 5.06. The number of rotatable bonds is 6. The number of hydrogen-bond acceptors (Lipinski definition) is 3. The second kappa shape index (κ2) is 6.40. The van der Waals surface area contributed by atoms with Crippen LogP contribution in [0.5, 0.6) is 0 Å². The molecular weight excluding hydrogens is 198 g/mol. The maximum Gasteiger partial charge on any atom is 0.326 e. The van der Waals surface area contributed by atoms with Crippen molar-refractivity contribution in [1.29, 1.82) is 0 Å². The summed E-state index contributed by atoms with van der Waals surface area (Å²) in [5.74, 6) is -1.57. The van der Waals surface area contributed by atoms with E-state index in [4.69, 9.17) is 9.84 Å². The van der Waals surface area contributed by atoms with Gasteiger partial charge in [0.15, 0.2) is 0 Å². The molecule has 0 aliphatic rings. The molecule has 1 atom stereocenters. The van der Waals surface area contributed by atoms with E-state index in [0.29, 0.717) is 0 Å². The molecule has 1 amide bonds. The molecule has 0 spiro atoms. The quantitative estimate of drug-likeness (QED) is 0.684. The highest BCUT2D eigenvalue weighted by Gasteiger charge is 2.23. The Morgan fingerprint density at radius 1 is 1.27 bits per heavy atom. The molecular formula is C10H19NO4. The molecule has 88 valence electrons. The first-order valence-electron chi connectivity index (χ1n) is 4.98. The average Bonchev–Trinajstić information content (AvgIpc) is 2.09. The predicted molar refractivity (Wildman–Crippen MR) is 55.5 cm³/mol. The third-order valence-corrected chi connectivity index (χ3v) is 1.80. The maximum absolute atomic E-state index is 11.3. The van der Waals surface area contributed by atoms with Gasteiger partial charge < -0.3 is 15.2 Å². The first-order chi connectivity index (χ1) is 6.84. The van der Waals surface area contributed by atoms with Gasteiger partial charge in [-0.3, -0.25) is 4.79 Å². The van der Waals surface area contributed by atoms with Crippen LogP contribution in [0.25, 0.3) is 0 Å². The standard InChI is InChI=1S/C10H19NO4/c1-6(2)9(10(13)14)11-8(12)5-15-7(3)4/h6-7,9H,5H2,1-4H3,(H,11,12)(H,13,14)/t9-/m1/s1. The predicted octanol–water partition coefficient (Wildman–Crippen LogP) is 0.637. The molecule has 5 nitrogen and oxygen atoms in total. The zero-order valence-electron chi connectivity index (χ0n) is 9.61. The number of aliphatic carboxylic acids is 1. The van der Waals surface area contributed by atoms with E-state index in [2.05, 4.69) is 5.32 Å². The highest BCUT2D eigenvalue weighted by Crippen LogP contribution is 2.01. The van der Waals surface area contributed by atoms with Crippen molar-refractivity contribution in [2.75, 3.05) is 6.61 Å². The fourth-order valence-electron chi connectivity index (χ4n) is 0.971. The highest BCUT2D eigenvalue weighted by atomic mass is 16.5. The van der Waals surface area contributed by atoms with Gasteiger partial charge in [-0.15, -0.1) is 0 Å². The van der Waals surface area contributed by atoms with Crippen molar-refractivity contribution in [1.82, 2.24) is 5.32 Å². The van der Waals surface area contributed by atoms with Crippen molar-refractivity contribution in [2.45, 2.75) is 39.8 Å². The molecule has 0 aromatic heterocycles. The molecule has 0 radical (unpaired) electrons. The Labute approximate surface area is 89.8 Å². The molecule has 0 saturated heterocycles. The molecule has 0 saturated carbocycles. The molecule has 0 aliphatic carbocycles. The van der Waals surface area contributed by atoms with Crippen LogP contribution in [0.2, 0.25) is 0 Å². The fourth-order valence-corrected chi connectivity index (χ4v) is 0.971. The summed E-state index contributed by atoms with van der Waals surface area (Å²) in [4.78, 5) is 22.0. The van der Waals surface area contributed by atoms with Crippen LogP contribution in [-0.2, 0) is 14.3 Å². The van der Waals surface area contributed by atoms with Gasteiger partial charge in [0, 0.05) is 0 Å². The maximum atomic E-state index is 11.3. The van der Waals surface area contributed by atoms with E-state index < -0.39 is 17.9 Å². The first kappa shape index (κ1) is 13.9. The molecule has 0 bridgehead atoms. The molecule has 0 unspecified atom stereocenters. The first-order valence-corrected chi connectivity index (χ1v) is 4.98. The second-order valence-corrected chi connectivity index (χ2v) is 3.99. The molecule has 0 aliphatic heterocycles. The molecule has 0 aromatic rings. The van der Waals surface area contributed by atoms with Crippen molar-refractivity contribution in [3.05, 3.63) is 0 Å². The normalized spacial score (nSPS) is 12.9. The number of carbonyl (C=O) groups is 2. The third-order valence-electron chi connectivity index (χ3n) is 1.80. The van der Waals surface area contributed by atoms with Crippen LogP contribution < -0.4 is 5.32 Å². The number of carboxylic acid groups (broad SMARTS) is 1. The molecule has 15 heavy (non-hydrogen) atoms. The topological polar surface area (TPSA) is 75.6 Å². The monoisotopic (exact) mass is 217 g/mol. The van der Waals surface area contributed by atoms with Gasteiger partial charge in [-0.1, -0.05) is 13.8 Å². The minimum atomic E-state index is -1.03. The van der Waals surface area contributed by atoms with Crippen LogP contribution in [-0.4, -0.2) is 35.7 Å². The van der Waals surface area contributed by atoms with E-state index >= 15 is 0 Å². The lowest BCUT2D eigenvalue weighted by atomic mass is 10.1. The van der Waals surface area contributed by atoms with Gasteiger partial charge in [-0.05, 0) is 19.8 Å². The Morgan fingerprint density at radius 3 is 2.13 bits per heavy atom. The minimum absolute atomic E-state index is 0.0434. The van der Waals surface area contributed by atoms with Crippen molar-refractivity contribution in [3.63, 3.8) is 0 Å². The van der Waals surface area contributed by atoms with Gasteiger partial charge >= 0.3 is 5.97 Å². The van der Waals surface area contributed by atoms with E-state index in [-0.39, 0.29) is 18.6 Å². The molecule has 0 fully saturated rings. The number of carboxylic acids is 1. The van der Waals surface area contributed by atoms with Crippen LogP contribution in [0, 0.1) is 5.92 Å². The van der Waals surface area contributed by atoms with E-state index in [1.807, 2.05) is 13.8 Å². The van der Waals surface area contributed by atoms with Crippen LogP contribution in [0.3, 0.4) is 0 Å². The molecule has 0 aromatic carbocycles. The summed E-state index contributed by atoms with van der Waals surface area (Å²) in [5.41, 5.74) is 0. The van der Waals surface area contributed by atoms with E-state index in [0.717, 1.165) is 0 Å². The van der Waals surface area contributed by atoms with Crippen molar-refractivity contribution >= 4 is 11.9 Å². The summed E-state index contributed by atoms with van der Waals surface area (Å²) >= 11 is 0. The number of amides is 1. The van der Waals surface area contributed by atoms with Gasteiger partial charge in [0.2, 0.25) is 5.91 Å². The third kappa shape index (κ3) is 6.06. The summed E-state index contributed by atoms with van der Waals surface area (Å²) in [6, 6.07) is -0.853. The zero-order chi connectivity index (χ0) is 12.0. The van der Waals surface area contributed by atoms with E-state index in [9.17, 15) is 9.59 Å². The lowest BCUT2D eigenvalue weighted by molar-refractivity contribution is -0.144. The summed E-state index contributed by atoms with van der Waals surface area (Å²) in [6.07, 6.45) is -0.0434. The summed E-state index contributed by atoms with van der Waals surface area (Å²) in [7, 11) is 0. The van der Waals surface area contributed by atoms with Crippen molar-refractivity contribution < 1.29 is 19.4 Å². The smallest absolute Gasteiger partial charge is 0.326 e. The Balaban J connectivity index is 4.07. The highest BCUT2D eigenvalue weighted by molar-refractivity contribution is 5.84. The molecule has 5 heteroatoms. The van der Waals surface area contributed by atoms with Crippen molar-refractivity contribution in [3.8, 4) is 0 Å². The van der Waals surface area contributed by atoms with Gasteiger partial charge in [-0.25, -0.2) is 4.79 Å². The van der Waals surface area contributed by atoms with Gasteiger partial charge in [0.1, 0.15) is 12.6 Å². The Morgan fingerprint density at radius 2 is 1.80 bits per heavy atom. The van der Waals surface area contributed by atoms with Gasteiger partial charge in [0.25, 0.3) is 0 Å². The van der Waals surface area contributed by atoms with Crippen LogP contribution in [0.15, 0.2) is 0 Å². The van der Waals surface area contributed by atoms with Gasteiger partial charge in [-0.2, -0.15) is 0 Å². The summed E-state index contributed by atoms with van der Waals surface area (Å²) in [6.45, 7) is 6.99. The Hall–Kier alpha value is -1.10. The van der Waals surface area contributed by atoms with Crippen LogP contribution in [0.1, 0.15) is 27.7 Å². The van der Waals surface area contributed by atoms with E-state index in [1.165, 1.54) is 0 Å². The van der Waals surface area contributed by atoms with Crippen molar-refractivity contribution in [2.24, 2.45) is 5.92 Å². The number of hydrogen-bond donors (Lipinski definition) is 2. The fraction of sp³-hybridized carbons (Fsp3) is 0.800. The molecule has 0 heterocycles.